The molecular formula is C13H27NaO3S2. The van der Waals surface area contributed by atoms with Crippen LogP contribution in [0.25, 0.3) is 0 Å². The Morgan fingerprint density at radius 3 is 1.89 bits per heavy atom. The Kier molecular flexibility index (Phi) is 15.4. The summed E-state index contributed by atoms with van der Waals surface area (Å²) in [5, 5.41) is 0. The second-order valence-electron chi connectivity index (χ2n) is 5.29. The normalized spacial score (nSPS) is 14.7. The summed E-state index contributed by atoms with van der Waals surface area (Å²) in [6.45, 7) is 4.57. The zero-order valence-electron chi connectivity index (χ0n) is 12.6. The first-order chi connectivity index (χ1) is 8.37. The van der Waals surface area contributed by atoms with Gasteiger partial charge in [-0.05, 0) is 36.9 Å². The van der Waals surface area contributed by atoms with Gasteiger partial charge in [-0.25, -0.2) is 8.42 Å². The first-order valence-electron chi connectivity index (χ1n) is 6.91. The Bertz CT molecular complexity index is 294. The van der Waals surface area contributed by atoms with Crippen LogP contribution in [0.2, 0.25) is 0 Å². The number of rotatable bonds is 11. The molecule has 19 heavy (non-hydrogen) atoms. The van der Waals surface area contributed by atoms with Crippen LogP contribution in [0.5, 0.6) is 0 Å². The summed E-state index contributed by atoms with van der Waals surface area (Å²) in [5.74, 6) is 2.20. The minimum absolute atomic E-state index is 0. The summed E-state index contributed by atoms with van der Waals surface area (Å²) in [6, 6.07) is 0. The van der Waals surface area contributed by atoms with Gasteiger partial charge in [-0.3, -0.25) is 0 Å². The molecule has 6 heteroatoms. The van der Waals surface area contributed by atoms with Gasteiger partial charge in [0.1, 0.15) is 0 Å². The van der Waals surface area contributed by atoms with Crippen molar-refractivity contribution in [1.82, 2.24) is 0 Å². The zero-order valence-corrected chi connectivity index (χ0v) is 16.3. The van der Waals surface area contributed by atoms with Crippen LogP contribution in [-0.2, 0) is 10.1 Å². The van der Waals surface area contributed by atoms with Gasteiger partial charge in [0, 0.05) is 5.75 Å². The third-order valence-corrected chi connectivity index (χ3v) is 4.70. The third kappa shape index (κ3) is 15.5. The molecule has 3 nitrogen and oxygen atoms in total. The van der Waals surface area contributed by atoms with Crippen molar-refractivity contribution in [2.45, 2.75) is 58.8 Å². The van der Waals surface area contributed by atoms with Crippen LogP contribution < -0.4 is 29.6 Å². The van der Waals surface area contributed by atoms with Crippen LogP contribution >= 0.6 is 12.6 Å². The second kappa shape index (κ2) is 13.0. The van der Waals surface area contributed by atoms with Crippen LogP contribution in [0.3, 0.4) is 0 Å². The molecule has 2 atom stereocenters. The van der Waals surface area contributed by atoms with E-state index in [0.717, 1.165) is 30.9 Å². The average Bonchev–Trinajstić information content (AvgIpc) is 2.28. The third-order valence-electron chi connectivity index (χ3n) is 3.59. The first-order valence-corrected chi connectivity index (χ1v) is 9.12. The van der Waals surface area contributed by atoms with E-state index in [1.807, 2.05) is 0 Å². The molecule has 0 N–H and O–H groups in total. The Morgan fingerprint density at radius 1 is 0.947 bits per heavy atom. The second-order valence-corrected chi connectivity index (χ2v) is 7.26. The van der Waals surface area contributed by atoms with Crippen LogP contribution in [0.1, 0.15) is 58.8 Å². The van der Waals surface area contributed by atoms with Crippen LogP contribution in [0.4, 0.5) is 0 Å². The van der Waals surface area contributed by atoms with Gasteiger partial charge >= 0.3 is 29.6 Å². The van der Waals surface area contributed by atoms with E-state index in [4.69, 9.17) is 0 Å². The van der Waals surface area contributed by atoms with Crippen molar-refractivity contribution >= 4 is 22.7 Å². The summed E-state index contributed by atoms with van der Waals surface area (Å²) in [5.41, 5.74) is 0. The molecule has 0 rings (SSSR count). The van der Waals surface area contributed by atoms with E-state index in [0.29, 0.717) is 12.3 Å². The van der Waals surface area contributed by atoms with Crippen molar-refractivity contribution in [2.24, 2.45) is 11.8 Å². The van der Waals surface area contributed by atoms with Crippen molar-refractivity contribution in [3.8, 4) is 0 Å². The van der Waals surface area contributed by atoms with E-state index in [9.17, 15) is 13.0 Å². The summed E-state index contributed by atoms with van der Waals surface area (Å²) in [7, 11) is -4.01. The maximum absolute atomic E-state index is 10.4. The number of thiol groups is 1. The summed E-state index contributed by atoms with van der Waals surface area (Å²) in [4.78, 5) is 0. The first kappa shape index (κ1) is 22.5. The largest absolute Gasteiger partial charge is 1.00 e. The van der Waals surface area contributed by atoms with Gasteiger partial charge in [-0.1, -0.05) is 39.5 Å². The summed E-state index contributed by atoms with van der Waals surface area (Å²) < 4.78 is 31.2. The fraction of sp³-hybridized carbons (Fsp3) is 1.00. The number of unbranched alkanes of at least 4 members (excludes halogenated alkanes) is 3. The molecule has 0 fully saturated rings. The van der Waals surface area contributed by atoms with Crippen LogP contribution in [0, 0.1) is 11.8 Å². The molecule has 2 unspecified atom stereocenters. The molecule has 0 saturated carbocycles. The Morgan fingerprint density at radius 2 is 1.42 bits per heavy atom. The minimum Gasteiger partial charge on any atom is -0.748 e. The molecule has 0 aliphatic heterocycles. The van der Waals surface area contributed by atoms with E-state index in [2.05, 4.69) is 26.5 Å². The Labute approximate surface area is 146 Å². The molecule has 0 bridgehead atoms. The molecule has 110 valence electrons. The molecule has 0 aromatic heterocycles. The van der Waals surface area contributed by atoms with Crippen LogP contribution in [-0.4, -0.2) is 24.5 Å². The topological polar surface area (TPSA) is 57.2 Å². The molecule has 0 aliphatic carbocycles. The van der Waals surface area contributed by atoms with Gasteiger partial charge in [-0.15, -0.1) is 0 Å². The molecule has 0 spiro atoms. The van der Waals surface area contributed by atoms with E-state index in [-0.39, 0.29) is 35.3 Å². The predicted molar refractivity (Wildman–Crippen MR) is 79.1 cm³/mol. The molecule has 0 radical (unpaired) electrons. The Hall–Kier alpha value is 1.26. The van der Waals surface area contributed by atoms with Crippen LogP contribution in [0.15, 0.2) is 0 Å². The van der Waals surface area contributed by atoms with E-state index >= 15 is 0 Å². The fourth-order valence-corrected chi connectivity index (χ4v) is 2.82. The van der Waals surface area contributed by atoms with Gasteiger partial charge in [0.2, 0.25) is 0 Å². The van der Waals surface area contributed by atoms with E-state index < -0.39 is 10.1 Å². The van der Waals surface area contributed by atoms with Crippen molar-refractivity contribution in [3.63, 3.8) is 0 Å². The fourth-order valence-electron chi connectivity index (χ4n) is 2.08. The molecule has 0 aliphatic rings. The SMILES string of the molecule is CC(CCCS)C(C)CCCCCCS(=O)(=O)[O-].[Na+]. The zero-order chi connectivity index (χ0) is 14.0. The molecule has 0 aromatic carbocycles. The van der Waals surface area contributed by atoms with E-state index in [1.165, 1.54) is 19.3 Å². The maximum Gasteiger partial charge on any atom is 1.00 e. The van der Waals surface area contributed by atoms with Crippen molar-refractivity contribution in [1.29, 1.82) is 0 Å². The van der Waals surface area contributed by atoms with Crippen molar-refractivity contribution in [3.05, 3.63) is 0 Å². The molecule has 0 saturated heterocycles. The average molecular weight is 318 g/mol. The number of hydrogen-bond acceptors (Lipinski definition) is 4. The predicted octanol–water partition coefficient (Wildman–Crippen LogP) is 0.468. The van der Waals surface area contributed by atoms with Gasteiger partial charge in [0.15, 0.2) is 0 Å². The summed E-state index contributed by atoms with van der Waals surface area (Å²) in [6.07, 6.45) is 7.12. The molecule has 0 aromatic rings. The quantitative estimate of drug-likeness (QED) is 0.261. The Balaban J connectivity index is 0. The van der Waals surface area contributed by atoms with Crippen molar-refractivity contribution < 1.29 is 42.5 Å². The molecular weight excluding hydrogens is 291 g/mol. The van der Waals surface area contributed by atoms with Crippen molar-refractivity contribution in [2.75, 3.05) is 11.5 Å². The van der Waals surface area contributed by atoms with Gasteiger partial charge < -0.3 is 4.55 Å². The maximum atomic E-state index is 10.4. The number of hydrogen-bond donors (Lipinski definition) is 1. The smallest absolute Gasteiger partial charge is 0.748 e. The minimum atomic E-state index is -4.01. The van der Waals surface area contributed by atoms with Gasteiger partial charge in [0.05, 0.1) is 10.1 Å². The summed E-state index contributed by atoms with van der Waals surface area (Å²) >= 11 is 4.22. The van der Waals surface area contributed by atoms with E-state index in [1.54, 1.807) is 0 Å². The standard InChI is InChI=1S/C13H28O3S2.Na/c1-12(13(2)9-7-10-17)8-5-3-4-6-11-18(14,15)16;/h12-13,17H,3-11H2,1-2H3,(H,14,15,16);/q;+1/p-1. The van der Waals surface area contributed by atoms with Gasteiger partial charge in [0.25, 0.3) is 0 Å². The molecule has 0 heterocycles. The molecule has 0 amide bonds. The van der Waals surface area contributed by atoms with Gasteiger partial charge in [-0.2, -0.15) is 12.6 Å². The monoisotopic (exact) mass is 318 g/mol.